The van der Waals surface area contributed by atoms with Gasteiger partial charge in [0.05, 0.1) is 0 Å². The lowest BCUT2D eigenvalue weighted by molar-refractivity contribution is 0.518. The predicted octanol–water partition coefficient (Wildman–Crippen LogP) is 2.82. The lowest BCUT2D eigenvalue weighted by Crippen LogP contribution is -2.34. The average Bonchev–Trinajstić information content (AvgIpc) is 2.21. The van der Waals surface area contributed by atoms with Crippen LogP contribution in [0, 0.1) is 6.92 Å². The molecule has 0 saturated heterocycles. The van der Waals surface area contributed by atoms with Gasteiger partial charge in [0.15, 0.2) is 0 Å². The average molecular weight is 214 g/mol. The van der Waals surface area contributed by atoms with Crippen LogP contribution in [0.3, 0.4) is 0 Å². The Balaban J connectivity index is 2.59. The number of fused-ring (bicyclic) bond motifs is 1. The summed E-state index contributed by atoms with van der Waals surface area (Å²) >= 11 is 0. The molecule has 0 aliphatic rings. The van der Waals surface area contributed by atoms with Crippen LogP contribution in [-0.4, -0.2) is 10.5 Å². The first-order valence-electron chi connectivity index (χ1n) is 5.58. The summed E-state index contributed by atoms with van der Waals surface area (Å²) in [7, 11) is 0. The Bertz CT molecular complexity index is 510. The molecule has 2 heteroatoms. The van der Waals surface area contributed by atoms with Crippen LogP contribution in [0.25, 0.3) is 10.8 Å². The van der Waals surface area contributed by atoms with E-state index < -0.39 is 0 Å². The molecule has 0 spiro atoms. The second kappa shape index (κ2) is 3.87. The summed E-state index contributed by atoms with van der Waals surface area (Å²) in [4.78, 5) is 4.18. The van der Waals surface area contributed by atoms with Crippen LogP contribution in [0.4, 0.5) is 0 Å². The van der Waals surface area contributed by atoms with Crippen LogP contribution >= 0.6 is 0 Å². The van der Waals surface area contributed by atoms with E-state index in [1.807, 2.05) is 12.4 Å². The molecule has 0 amide bonds. The topological polar surface area (TPSA) is 38.9 Å². The molecule has 0 aliphatic heterocycles. The molecule has 0 saturated carbocycles. The van der Waals surface area contributed by atoms with Crippen LogP contribution in [-0.2, 0) is 6.42 Å². The maximum absolute atomic E-state index is 6.08. The van der Waals surface area contributed by atoms with Gasteiger partial charge < -0.3 is 5.73 Å². The van der Waals surface area contributed by atoms with Crippen LogP contribution in [0.1, 0.15) is 25.0 Å². The molecule has 84 valence electrons. The Morgan fingerprint density at radius 2 is 1.94 bits per heavy atom. The van der Waals surface area contributed by atoms with Crippen molar-refractivity contribution in [2.75, 3.05) is 0 Å². The van der Waals surface area contributed by atoms with Crippen LogP contribution in [0.5, 0.6) is 0 Å². The summed E-state index contributed by atoms with van der Waals surface area (Å²) in [5.41, 5.74) is 8.47. The Kier molecular flexibility index (Phi) is 2.68. The number of aryl methyl sites for hydroxylation is 1. The molecule has 0 atom stereocenters. The second-order valence-corrected chi connectivity index (χ2v) is 5.13. The lowest BCUT2D eigenvalue weighted by Gasteiger charge is -2.20. The summed E-state index contributed by atoms with van der Waals surface area (Å²) in [6.45, 7) is 6.22. The third-order valence-electron chi connectivity index (χ3n) is 2.77. The SMILES string of the molecule is Cc1ccc(CC(C)(C)N)c2ccncc12. The summed E-state index contributed by atoms with van der Waals surface area (Å²) in [5.74, 6) is 0. The predicted molar refractivity (Wildman–Crippen MR) is 68.5 cm³/mol. The van der Waals surface area contributed by atoms with E-state index in [9.17, 15) is 0 Å². The Morgan fingerprint density at radius 1 is 1.19 bits per heavy atom. The van der Waals surface area contributed by atoms with Crippen molar-refractivity contribution in [2.24, 2.45) is 5.73 Å². The molecule has 1 aromatic carbocycles. The third-order valence-corrected chi connectivity index (χ3v) is 2.77. The normalized spacial score (nSPS) is 12.0. The molecule has 2 N–H and O–H groups in total. The zero-order valence-corrected chi connectivity index (χ0v) is 10.1. The summed E-state index contributed by atoms with van der Waals surface area (Å²) in [6.07, 6.45) is 4.65. The number of nitrogens with two attached hydrogens (primary N) is 1. The fourth-order valence-electron chi connectivity index (χ4n) is 2.04. The van der Waals surface area contributed by atoms with E-state index in [1.54, 1.807) is 0 Å². The number of hydrogen-bond acceptors (Lipinski definition) is 2. The Labute approximate surface area is 96.5 Å². The van der Waals surface area contributed by atoms with E-state index in [2.05, 4.69) is 44.0 Å². The van der Waals surface area contributed by atoms with Crippen molar-refractivity contribution in [3.63, 3.8) is 0 Å². The summed E-state index contributed by atoms with van der Waals surface area (Å²) in [6, 6.07) is 6.39. The molecule has 2 rings (SSSR count). The Hall–Kier alpha value is -1.41. The number of rotatable bonds is 2. The number of hydrogen-bond donors (Lipinski definition) is 1. The van der Waals surface area contributed by atoms with Gasteiger partial charge >= 0.3 is 0 Å². The minimum Gasteiger partial charge on any atom is -0.325 e. The molecule has 0 fully saturated rings. The molecular formula is C14H18N2. The van der Waals surface area contributed by atoms with Gasteiger partial charge in [0.2, 0.25) is 0 Å². The summed E-state index contributed by atoms with van der Waals surface area (Å²) < 4.78 is 0. The van der Waals surface area contributed by atoms with Gasteiger partial charge in [-0.05, 0) is 49.8 Å². The number of pyridine rings is 1. The molecule has 1 heterocycles. The summed E-state index contributed by atoms with van der Waals surface area (Å²) in [5, 5.41) is 2.50. The molecular weight excluding hydrogens is 196 g/mol. The fraction of sp³-hybridized carbons (Fsp3) is 0.357. The monoisotopic (exact) mass is 214 g/mol. The minimum atomic E-state index is -0.175. The Morgan fingerprint density at radius 3 is 2.62 bits per heavy atom. The molecule has 2 aromatic rings. The van der Waals surface area contributed by atoms with Gasteiger partial charge in [0, 0.05) is 23.3 Å². The van der Waals surface area contributed by atoms with Gasteiger partial charge in [0.1, 0.15) is 0 Å². The highest BCUT2D eigenvalue weighted by molar-refractivity contribution is 5.87. The minimum absolute atomic E-state index is 0.175. The maximum atomic E-state index is 6.08. The first-order chi connectivity index (χ1) is 7.47. The molecule has 0 bridgehead atoms. The molecule has 0 radical (unpaired) electrons. The molecule has 0 unspecified atom stereocenters. The van der Waals surface area contributed by atoms with Gasteiger partial charge in [0.25, 0.3) is 0 Å². The van der Waals surface area contributed by atoms with Crippen molar-refractivity contribution >= 4 is 10.8 Å². The largest absolute Gasteiger partial charge is 0.325 e. The highest BCUT2D eigenvalue weighted by atomic mass is 14.7. The van der Waals surface area contributed by atoms with E-state index in [4.69, 9.17) is 5.73 Å². The van der Waals surface area contributed by atoms with E-state index in [0.717, 1.165) is 6.42 Å². The highest BCUT2D eigenvalue weighted by Gasteiger charge is 2.14. The van der Waals surface area contributed by atoms with E-state index in [-0.39, 0.29) is 5.54 Å². The lowest BCUT2D eigenvalue weighted by atomic mass is 9.92. The molecule has 1 aromatic heterocycles. The van der Waals surface area contributed by atoms with Gasteiger partial charge in [-0.25, -0.2) is 0 Å². The van der Waals surface area contributed by atoms with E-state index >= 15 is 0 Å². The quantitative estimate of drug-likeness (QED) is 0.835. The van der Waals surface area contributed by atoms with Crippen molar-refractivity contribution in [1.29, 1.82) is 0 Å². The smallest absolute Gasteiger partial charge is 0.0349 e. The van der Waals surface area contributed by atoms with Crippen molar-refractivity contribution in [1.82, 2.24) is 4.98 Å². The van der Waals surface area contributed by atoms with Gasteiger partial charge in [-0.3, -0.25) is 4.98 Å². The number of nitrogens with zero attached hydrogens (tertiary/aromatic N) is 1. The first kappa shape index (κ1) is 11.1. The van der Waals surface area contributed by atoms with Crippen molar-refractivity contribution in [3.8, 4) is 0 Å². The highest BCUT2D eigenvalue weighted by Crippen LogP contribution is 2.23. The van der Waals surface area contributed by atoms with E-state index in [0.29, 0.717) is 0 Å². The van der Waals surface area contributed by atoms with Crippen LogP contribution in [0.2, 0.25) is 0 Å². The molecule has 16 heavy (non-hydrogen) atoms. The fourth-order valence-corrected chi connectivity index (χ4v) is 2.04. The second-order valence-electron chi connectivity index (χ2n) is 5.13. The zero-order chi connectivity index (χ0) is 11.8. The van der Waals surface area contributed by atoms with E-state index in [1.165, 1.54) is 21.9 Å². The van der Waals surface area contributed by atoms with Crippen LogP contribution < -0.4 is 5.73 Å². The third kappa shape index (κ3) is 2.22. The standard InChI is InChI=1S/C14H18N2/c1-10-4-5-11(8-14(2,3)15)12-6-7-16-9-13(10)12/h4-7,9H,8,15H2,1-3H3. The number of aromatic nitrogens is 1. The van der Waals surface area contributed by atoms with Crippen molar-refractivity contribution in [2.45, 2.75) is 32.7 Å². The van der Waals surface area contributed by atoms with Crippen LogP contribution in [0.15, 0.2) is 30.6 Å². The number of benzene rings is 1. The maximum Gasteiger partial charge on any atom is 0.0349 e. The van der Waals surface area contributed by atoms with Gasteiger partial charge in [-0.15, -0.1) is 0 Å². The molecule has 0 aliphatic carbocycles. The van der Waals surface area contributed by atoms with Crippen molar-refractivity contribution in [3.05, 3.63) is 41.7 Å². The van der Waals surface area contributed by atoms with Gasteiger partial charge in [-0.2, -0.15) is 0 Å². The first-order valence-corrected chi connectivity index (χ1v) is 5.58. The van der Waals surface area contributed by atoms with Gasteiger partial charge in [-0.1, -0.05) is 12.1 Å². The zero-order valence-electron chi connectivity index (χ0n) is 10.1. The molecule has 2 nitrogen and oxygen atoms in total. The van der Waals surface area contributed by atoms with Crippen molar-refractivity contribution < 1.29 is 0 Å².